The van der Waals surface area contributed by atoms with E-state index in [0.29, 0.717) is 0 Å². The summed E-state index contributed by atoms with van der Waals surface area (Å²) in [6.45, 7) is 5.28. The zero-order valence-corrected chi connectivity index (χ0v) is 12.4. The standard InChI is InChI=1S/C15H24O5/c1-4-6-7-11(5-2)9-13(15(19)20)12(14(17)18)8-10(3)16/h11H,4-9H2,1-3H3,(H,17,18)(H,19,20). The molecule has 0 amide bonds. The summed E-state index contributed by atoms with van der Waals surface area (Å²) in [5.41, 5.74) is -0.407. The van der Waals surface area contributed by atoms with Crippen LogP contribution in [0.5, 0.6) is 0 Å². The normalized spacial score (nSPS) is 13.6. The highest BCUT2D eigenvalue weighted by molar-refractivity contribution is 6.02. The van der Waals surface area contributed by atoms with Crippen molar-refractivity contribution in [2.45, 2.75) is 59.3 Å². The molecule has 0 aromatic rings. The van der Waals surface area contributed by atoms with Gasteiger partial charge in [-0.15, -0.1) is 0 Å². The molecule has 0 saturated heterocycles. The van der Waals surface area contributed by atoms with Crippen molar-refractivity contribution in [1.29, 1.82) is 0 Å². The zero-order valence-electron chi connectivity index (χ0n) is 12.4. The Kier molecular flexibility index (Phi) is 8.52. The summed E-state index contributed by atoms with van der Waals surface area (Å²) in [5, 5.41) is 18.4. The van der Waals surface area contributed by atoms with Gasteiger partial charge in [-0.1, -0.05) is 39.5 Å². The third-order valence-electron chi connectivity index (χ3n) is 3.34. The number of ketones is 1. The molecule has 0 rings (SSSR count). The molecule has 0 aliphatic carbocycles. The predicted octanol–water partition coefficient (Wildman–Crippen LogP) is 3.04. The number of unbranched alkanes of at least 4 members (excludes halogenated alkanes) is 1. The molecule has 114 valence electrons. The third-order valence-corrected chi connectivity index (χ3v) is 3.34. The van der Waals surface area contributed by atoms with Gasteiger partial charge in [0.15, 0.2) is 0 Å². The first-order valence-corrected chi connectivity index (χ1v) is 7.01. The molecule has 1 atom stereocenters. The minimum Gasteiger partial charge on any atom is -0.478 e. The highest BCUT2D eigenvalue weighted by Gasteiger charge is 2.23. The number of hydrogen-bond acceptors (Lipinski definition) is 3. The Bertz CT molecular complexity index is 395. The number of carbonyl (C=O) groups is 3. The lowest BCUT2D eigenvalue weighted by atomic mass is 9.88. The van der Waals surface area contributed by atoms with E-state index in [1.807, 2.05) is 6.92 Å². The van der Waals surface area contributed by atoms with Gasteiger partial charge >= 0.3 is 11.9 Å². The van der Waals surface area contributed by atoms with Crippen LogP contribution in [0.15, 0.2) is 11.1 Å². The maximum Gasteiger partial charge on any atom is 0.332 e. The summed E-state index contributed by atoms with van der Waals surface area (Å²) >= 11 is 0. The van der Waals surface area contributed by atoms with Crippen molar-refractivity contribution in [3.63, 3.8) is 0 Å². The summed E-state index contributed by atoms with van der Waals surface area (Å²) < 4.78 is 0. The first-order valence-electron chi connectivity index (χ1n) is 7.01. The summed E-state index contributed by atoms with van der Waals surface area (Å²) in [6.07, 6.45) is 3.55. The Hall–Kier alpha value is -1.65. The summed E-state index contributed by atoms with van der Waals surface area (Å²) in [4.78, 5) is 33.6. The fourth-order valence-electron chi connectivity index (χ4n) is 2.13. The molecule has 0 heterocycles. The number of hydrogen-bond donors (Lipinski definition) is 2. The molecule has 2 N–H and O–H groups in total. The van der Waals surface area contributed by atoms with Crippen molar-refractivity contribution in [2.24, 2.45) is 5.92 Å². The average Bonchev–Trinajstić information content (AvgIpc) is 2.36. The van der Waals surface area contributed by atoms with Crippen molar-refractivity contribution < 1.29 is 24.6 Å². The number of carboxylic acids is 2. The van der Waals surface area contributed by atoms with Crippen molar-refractivity contribution in [3.8, 4) is 0 Å². The molecule has 0 spiro atoms. The second-order valence-electron chi connectivity index (χ2n) is 5.07. The fourth-order valence-corrected chi connectivity index (χ4v) is 2.13. The van der Waals surface area contributed by atoms with Gasteiger partial charge in [-0.2, -0.15) is 0 Å². The Morgan fingerprint density at radius 2 is 1.55 bits per heavy atom. The van der Waals surface area contributed by atoms with Gasteiger partial charge in [-0.05, 0) is 19.3 Å². The first kappa shape index (κ1) is 18.4. The number of aliphatic carboxylic acids is 2. The zero-order chi connectivity index (χ0) is 15.7. The molecule has 0 aliphatic rings. The molecule has 0 aromatic carbocycles. The monoisotopic (exact) mass is 284 g/mol. The van der Waals surface area contributed by atoms with Gasteiger partial charge in [-0.3, -0.25) is 4.79 Å². The summed E-state index contributed by atoms with van der Waals surface area (Å²) in [6, 6.07) is 0. The van der Waals surface area contributed by atoms with E-state index in [1.165, 1.54) is 6.92 Å². The van der Waals surface area contributed by atoms with Crippen LogP contribution in [0.25, 0.3) is 0 Å². The van der Waals surface area contributed by atoms with Gasteiger partial charge in [0.2, 0.25) is 0 Å². The molecule has 5 nitrogen and oxygen atoms in total. The average molecular weight is 284 g/mol. The van der Waals surface area contributed by atoms with Crippen LogP contribution < -0.4 is 0 Å². The van der Waals surface area contributed by atoms with Gasteiger partial charge in [0.1, 0.15) is 5.78 Å². The molecular formula is C15H24O5. The minimum atomic E-state index is -1.32. The third kappa shape index (κ3) is 6.50. The molecule has 1 unspecified atom stereocenters. The van der Waals surface area contributed by atoms with Gasteiger partial charge in [-0.25, -0.2) is 9.59 Å². The van der Waals surface area contributed by atoms with Crippen molar-refractivity contribution >= 4 is 17.7 Å². The lowest BCUT2D eigenvalue weighted by molar-refractivity contribution is -0.136. The molecule has 5 heteroatoms. The smallest absolute Gasteiger partial charge is 0.332 e. The Labute approximate surface area is 119 Å². The summed E-state index contributed by atoms with van der Waals surface area (Å²) in [7, 11) is 0. The SMILES string of the molecule is CCCCC(CC)CC(C(=O)O)=C(CC(C)=O)C(=O)O. The molecule has 0 bridgehead atoms. The van der Waals surface area contributed by atoms with Crippen LogP contribution in [0.3, 0.4) is 0 Å². The fraction of sp³-hybridized carbons (Fsp3) is 0.667. The predicted molar refractivity (Wildman–Crippen MR) is 75.5 cm³/mol. The van der Waals surface area contributed by atoms with E-state index in [-0.39, 0.29) is 35.7 Å². The van der Waals surface area contributed by atoms with E-state index in [4.69, 9.17) is 5.11 Å². The topological polar surface area (TPSA) is 91.7 Å². The van der Waals surface area contributed by atoms with E-state index >= 15 is 0 Å². The molecule has 0 saturated carbocycles. The Balaban J connectivity index is 5.30. The lowest BCUT2D eigenvalue weighted by Gasteiger charge is -2.16. The van der Waals surface area contributed by atoms with Gasteiger partial charge in [0, 0.05) is 12.0 Å². The van der Waals surface area contributed by atoms with Gasteiger partial charge < -0.3 is 10.2 Å². The van der Waals surface area contributed by atoms with E-state index in [2.05, 4.69) is 6.92 Å². The Morgan fingerprint density at radius 1 is 1.00 bits per heavy atom. The van der Waals surface area contributed by atoms with Crippen molar-refractivity contribution in [3.05, 3.63) is 11.1 Å². The van der Waals surface area contributed by atoms with Crippen LogP contribution in [0, 0.1) is 5.92 Å². The van der Waals surface area contributed by atoms with Crippen molar-refractivity contribution in [2.75, 3.05) is 0 Å². The van der Waals surface area contributed by atoms with Crippen LogP contribution in [0.1, 0.15) is 59.3 Å². The number of carbonyl (C=O) groups excluding carboxylic acids is 1. The number of Topliss-reactive ketones (excluding diaryl/α,β-unsaturated/α-hetero) is 1. The van der Waals surface area contributed by atoms with Crippen LogP contribution in [-0.4, -0.2) is 27.9 Å². The largest absolute Gasteiger partial charge is 0.478 e. The molecule has 0 radical (unpaired) electrons. The molecule has 0 fully saturated rings. The van der Waals surface area contributed by atoms with E-state index in [1.54, 1.807) is 0 Å². The molecular weight excluding hydrogens is 260 g/mol. The Morgan fingerprint density at radius 3 is 1.90 bits per heavy atom. The number of carboxylic acid groups (broad SMARTS) is 2. The molecule has 0 aliphatic heterocycles. The van der Waals surface area contributed by atoms with E-state index < -0.39 is 11.9 Å². The highest BCUT2D eigenvalue weighted by Crippen LogP contribution is 2.25. The maximum atomic E-state index is 11.3. The van der Waals surface area contributed by atoms with Crippen LogP contribution in [0.4, 0.5) is 0 Å². The summed E-state index contributed by atoms with van der Waals surface area (Å²) in [5.74, 6) is -2.76. The van der Waals surface area contributed by atoms with E-state index in [9.17, 15) is 19.5 Å². The van der Waals surface area contributed by atoms with E-state index in [0.717, 1.165) is 25.7 Å². The van der Waals surface area contributed by atoms with Gasteiger partial charge in [0.25, 0.3) is 0 Å². The number of rotatable bonds is 10. The van der Waals surface area contributed by atoms with Crippen molar-refractivity contribution in [1.82, 2.24) is 0 Å². The van der Waals surface area contributed by atoms with Gasteiger partial charge in [0.05, 0.1) is 5.57 Å². The first-order chi connectivity index (χ1) is 9.33. The molecule has 20 heavy (non-hydrogen) atoms. The van der Waals surface area contributed by atoms with Crippen LogP contribution >= 0.6 is 0 Å². The van der Waals surface area contributed by atoms with Crippen LogP contribution in [0.2, 0.25) is 0 Å². The second kappa shape index (κ2) is 9.28. The van der Waals surface area contributed by atoms with Crippen LogP contribution in [-0.2, 0) is 14.4 Å². The minimum absolute atomic E-state index is 0.129. The maximum absolute atomic E-state index is 11.3. The highest BCUT2D eigenvalue weighted by atomic mass is 16.4. The second-order valence-corrected chi connectivity index (χ2v) is 5.07. The molecule has 0 aromatic heterocycles. The lowest BCUT2D eigenvalue weighted by Crippen LogP contribution is -2.16. The quantitative estimate of drug-likeness (QED) is 0.601.